The van der Waals surface area contributed by atoms with Gasteiger partial charge in [0.25, 0.3) is 5.91 Å². The molecule has 0 atom stereocenters. The van der Waals surface area contributed by atoms with Crippen molar-refractivity contribution in [2.24, 2.45) is 0 Å². The van der Waals surface area contributed by atoms with Gasteiger partial charge in [-0.15, -0.1) is 0 Å². The predicted octanol–water partition coefficient (Wildman–Crippen LogP) is 1.73. The van der Waals surface area contributed by atoms with Crippen LogP contribution in [0.25, 0.3) is 0 Å². The summed E-state index contributed by atoms with van der Waals surface area (Å²) in [5, 5.41) is 2.89. The lowest BCUT2D eigenvalue weighted by Gasteiger charge is -2.29. The molecule has 1 fully saturated rings. The topological polar surface area (TPSA) is 63.7 Å². The van der Waals surface area contributed by atoms with Gasteiger partial charge in [0.05, 0.1) is 25.3 Å². The van der Waals surface area contributed by atoms with Crippen molar-refractivity contribution < 1.29 is 14.3 Å². The SMILES string of the molecule is O=C(NCCOc1ccccc1)c1cccnc1N1CCOCC1. The Hall–Kier alpha value is -2.60. The number of carbonyl (C=O) groups is 1. The van der Waals surface area contributed by atoms with Crippen LogP contribution in [-0.4, -0.2) is 50.3 Å². The molecule has 1 aliphatic rings. The van der Waals surface area contributed by atoms with E-state index in [2.05, 4.69) is 15.2 Å². The van der Waals surface area contributed by atoms with Crippen molar-refractivity contribution >= 4 is 11.7 Å². The Morgan fingerprint density at radius 3 is 2.75 bits per heavy atom. The molecule has 1 aromatic heterocycles. The van der Waals surface area contributed by atoms with Gasteiger partial charge in [0, 0.05) is 19.3 Å². The number of ether oxygens (including phenoxy) is 2. The van der Waals surface area contributed by atoms with Crippen molar-refractivity contribution in [1.82, 2.24) is 10.3 Å². The van der Waals surface area contributed by atoms with E-state index in [0.717, 1.165) is 18.8 Å². The second kappa shape index (κ2) is 8.31. The van der Waals surface area contributed by atoms with E-state index < -0.39 is 0 Å². The van der Waals surface area contributed by atoms with Crippen molar-refractivity contribution in [2.75, 3.05) is 44.4 Å². The summed E-state index contributed by atoms with van der Waals surface area (Å²) in [5.41, 5.74) is 0.583. The standard InChI is InChI=1S/C18H21N3O3/c22-18(20-9-12-24-15-5-2-1-3-6-15)16-7-4-8-19-17(16)21-10-13-23-14-11-21/h1-8H,9-14H2,(H,20,22). The summed E-state index contributed by atoms with van der Waals surface area (Å²) in [6.07, 6.45) is 1.71. The molecule has 1 N–H and O–H groups in total. The molecule has 1 aliphatic heterocycles. The number of hydrogen-bond donors (Lipinski definition) is 1. The van der Waals surface area contributed by atoms with Gasteiger partial charge in [0.15, 0.2) is 0 Å². The smallest absolute Gasteiger partial charge is 0.255 e. The summed E-state index contributed by atoms with van der Waals surface area (Å²) >= 11 is 0. The van der Waals surface area contributed by atoms with E-state index in [1.165, 1.54) is 0 Å². The van der Waals surface area contributed by atoms with Crippen LogP contribution in [0.5, 0.6) is 5.75 Å². The zero-order chi connectivity index (χ0) is 16.6. The minimum Gasteiger partial charge on any atom is -0.492 e. The van der Waals surface area contributed by atoms with Crippen molar-refractivity contribution in [3.05, 3.63) is 54.2 Å². The van der Waals surface area contributed by atoms with E-state index in [-0.39, 0.29) is 5.91 Å². The average Bonchev–Trinajstić information content (AvgIpc) is 2.66. The Labute approximate surface area is 141 Å². The number of pyridine rings is 1. The molecule has 1 amide bonds. The van der Waals surface area contributed by atoms with E-state index in [1.807, 2.05) is 30.3 Å². The lowest BCUT2D eigenvalue weighted by Crippen LogP contribution is -2.38. The number of morpholine rings is 1. The fourth-order valence-corrected chi connectivity index (χ4v) is 2.55. The first-order valence-electron chi connectivity index (χ1n) is 8.08. The van der Waals surface area contributed by atoms with Gasteiger partial charge in [-0.25, -0.2) is 4.98 Å². The first-order chi connectivity index (χ1) is 11.8. The summed E-state index contributed by atoms with van der Waals surface area (Å²) in [6, 6.07) is 13.1. The molecule has 3 rings (SSSR count). The number of aromatic nitrogens is 1. The van der Waals surface area contributed by atoms with E-state index in [1.54, 1.807) is 18.3 Å². The first kappa shape index (κ1) is 16.3. The van der Waals surface area contributed by atoms with Crippen LogP contribution >= 0.6 is 0 Å². The molecule has 2 heterocycles. The average molecular weight is 327 g/mol. The summed E-state index contributed by atoms with van der Waals surface area (Å²) in [6.45, 7) is 3.65. The van der Waals surface area contributed by atoms with Gasteiger partial charge in [-0.2, -0.15) is 0 Å². The Balaban J connectivity index is 1.55. The molecule has 1 aromatic carbocycles. The van der Waals surface area contributed by atoms with Gasteiger partial charge in [-0.05, 0) is 24.3 Å². The third kappa shape index (κ3) is 4.23. The Bertz CT molecular complexity index is 658. The number of para-hydroxylation sites is 1. The van der Waals surface area contributed by atoms with Crippen LogP contribution < -0.4 is 15.0 Å². The van der Waals surface area contributed by atoms with E-state index in [0.29, 0.717) is 37.7 Å². The highest BCUT2D eigenvalue weighted by Gasteiger charge is 2.19. The molecule has 0 unspecified atom stereocenters. The van der Waals surface area contributed by atoms with Gasteiger partial charge in [-0.3, -0.25) is 4.79 Å². The molecule has 6 nitrogen and oxygen atoms in total. The van der Waals surface area contributed by atoms with Gasteiger partial charge < -0.3 is 19.7 Å². The maximum atomic E-state index is 12.5. The molecule has 0 spiro atoms. The number of nitrogens with one attached hydrogen (secondary N) is 1. The first-order valence-corrected chi connectivity index (χ1v) is 8.08. The number of amides is 1. The van der Waals surface area contributed by atoms with Crippen molar-refractivity contribution in [3.63, 3.8) is 0 Å². The summed E-state index contributed by atoms with van der Waals surface area (Å²) in [4.78, 5) is 18.9. The zero-order valence-corrected chi connectivity index (χ0v) is 13.5. The molecule has 0 aliphatic carbocycles. The summed E-state index contributed by atoms with van der Waals surface area (Å²) in [5.74, 6) is 1.37. The van der Waals surface area contributed by atoms with Gasteiger partial charge >= 0.3 is 0 Å². The quantitative estimate of drug-likeness (QED) is 0.819. The third-order valence-corrected chi connectivity index (χ3v) is 3.74. The van der Waals surface area contributed by atoms with Crippen molar-refractivity contribution in [3.8, 4) is 5.75 Å². The number of carbonyl (C=O) groups excluding carboxylic acids is 1. The molecule has 0 saturated carbocycles. The van der Waals surface area contributed by atoms with Crippen LogP contribution in [-0.2, 0) is 4.74 Å². The van der Waals surface area contributed by atoms with Gasteiger partial charge in [0.2, 0.25) is 0 Å². The van der Waals surface area contributed by atoms with Crippen LogP contribution in [0.4, 0.5) is 5.82 Å². The minimum absolute atomic E-state index is 0.138. The number of nitrogens with zero attached hydrogens (tertiary/aromatic N) is 2. The predicted molar refractivity (Wildman–Crippen MR) is 91.5 cm³/mol. The minimum atomic E-state index is -0.138. The van der Waals surface area contributed by atoms with E-state index >= 15 is 0 Å². The van der Waals surface area contributed by atoms with Crippen LogP contribution in [0.2, 0.25) is 0 Å². The zero-order valence-electron chi connectivity index (χ0n) is 13.5. The molecule has 0 bridgehead atoms. The van der Waals surface area contributed by atoms with Gasteiger partial charge in [0.1, 0.15) is 18.2 Å². The maximum Gasteiger partial charge on any atom is 0.255 e. The summed E-state index contributed by atoms with van der Waals surface area (Å²) in [7, 11) is 0. The molecular weight excluding hydrogens is 306 g/mol. The second-order valence-corrected chi connectivity index (χ2v) is 5.39. The third-order valence-electron chi connectivity index (χ3n) is 3.74. The summed E-state index contributed by atoms with van der Waals surface area (Å²) < 4.78 is 10.9. The molecule has 126 valence electrons. The maximum absolute atomic E-state index is 12.5. The molecule has 2 aromatic rings. The largest absolute Gasteiger partial charge is 0.492 e. The fourth-order valence-electron chi connectivity index (χ4n) is 2.55. The molecular formula is C18H21N3O3. The molecule has 24 heavy (non-hydrogen) atoms. The van der Waals surface area contributed by atoms with Gasteiger partial charge in [-0.1, -0.05) is 18.2 Å². The Morgan fingerprint density at radius 1 is 1.17 bits per heavy atom. The van der Waals surface area contributed by atoms with E-state index in [9.17, 15) is 4.79 Å². The van der Waals surface area contributed by atoms with Crippen LogP contribution in [0.3, 0.4) is 0 Å². The lowest BCUT2D eigenvalue weighted by molar-refractivity contribution is 0.0945. The van der Waals surface area contributed by atoms with E-state index in [4.69, 9.17) is 9.47 Å². The number of rotatable bonds is 6. The van der Waals surface area contributed by atoms with Crippen LogP contribution in [0.15, 0.2) is 48.7 Å². The Morgan fingerprint density at radius 2 is 1.96 bits per heavy atom. The van der Waals surface area contributed by atoms with Crippen molar-refractivity contribution in [1.29, 1.82) is 0 Å². The second-order valence-electron chi connectivity index (χ2n) is 5.39. The number of benzene rings is 1. The van der Waals surface area contributed by atoms with Crippen LogP contribution in [0, 0.1) is 0 Å². The van der Waals surface area contributed by atoms with Crippen molar-refractivity contribution in [2.45, 2.75) is 0 Å². The number of hydrogen-bond acceptors (Lipinski definition) is 5. The molecule has 0 radical (unpaired) electrons. The highest BCUT2D eigenvalue weighted by Crippen LogP contribution is 2.18. The number of anilines is 1. The molecule has 6 heteroatoms. The highest BCUT2D eigenvalue weighted by atomic mass is 16.5. The Kier molecular flexibility index (Phi) is 5.63. The normalized spacial score (nSPS) is 14.2. The highest BCUT2D eigenvalue weighted by molar-refractivity contribution is 5.98. The molecule has 1 saturated heterocycles. The lowest BCUT2D eigenvalue weighted by atomic mass is 10.2. The monoisotopic (exact) mass is 327 g/mol. The van der Waals surface area contributed by atoms with Crippen LogP contribution in [0.1, 0.15) is 10.4 Å². The fraction of sp³-hybridized carbons (Fsp3) is 0.333.